The van der Waals surface area contributed by atoms with Crippen LogP contribution < -0.4 is 10.6 Å². The second-order valence-corrected chi connectivity index (χ2v) is 4.58. The number of nitrogens with zero attached hydrogens (tertiary/aromatic N) is 2. The molecule has 1 aromatic heterocycles. The smallest absolute Gasteiger partial charge is 0.274 e. The van der Waals surface area contributed by atoms with Gasteiger partial charge in [-0.1, -0.05) is 11.6 Å². The molecule has 7 heteroatoms. The second-order valence-electron chi connectivity index (χ2n) is 4.17. The summed E-state index contributed by atoms with van der Waals surface area (Å²) in [6, 6.07) is 3.33. The Morgan fingerprint density at radius 2 is 2.26 bits per heavy atom. The molecule has 0 saturated carbocycles. The molecule has 2 heterocycles. The summed E-state index contributed by atoms with van der Waals surface area (Å²) in [4.78, 5) is 29.4. The summed E-state index contributed by atoms with van der Waals surface area (Å²) >= 11 is 6.02. The second kappa shape index (κ2) is 5.88. The maximum atomic E-state index is 12.4. The van der Waals surface area contributed by atoms with Crippen LogP contribution in [0.3, 0.4) is 0 Å². The maximum Gasteiger partial charge on any atom is 0.274 e. The van der Waals surface area contributed by atoms with E-state index < -0.39 is 0 Å². The lowest BCUT2D eigenvalue weighted by molar-refractivity contribution is -0.120. The summed E-state index contributed by atoms with van der Waals surface area (Å²) in [5, 5.41) is 5.90. The van der Waals surface area contributed by atoms with Crippen LogP contribution >= 0.6 is 11.6 Å². The molecule has 2 amide bonds. The molecule has 19 heavy (non-hydrogen) atoms. The minimum absolute atomic E-state index is 0.0432. The van der Waals surface area contributed by atoms with Crippen LogP contribution in [-0.4, -0.2) is 48.4 Å². The minimum Gasteiger partial charge on any atom is -0.373 e. The van der Waals surface area contributed by atoms with E-state index in [-0.39, 0.29) is 17.5 Å². The Balaban J connectivity index is 2.20. The van der Waals surface area contributed by atoms with E-state index in [1.54, 1.807) is 24.1 Å². The zero-order chi connectivity index (χ0) is 13.8. The standard InChI is InChI=1S/C12H15ClN4O2/c1-14-9-3-2-8(13)11(16-9)12(19)17-6-4-10(18)15-5-7-17/h2-3H,4-7H2,1H3,(H,14,16)(H,15,18). The van der Waals surface area contributed by atoms with Gasteiger partial charge >= 0.3 is 0 Å². The normalized spacial score (nSPS) is 15.7. The van der Waals surface area contributed by atoms with Gasteiger partial charge in [-0.2, -0.15) is 0 Å². The fraction of sp³-hybridized carbons (Fsp3) is 0.417. The fourth-order valence-corrected chi connectivity index (χ4v) is 2.04. The molecule has 0 aromatic carbocycles. The predicted octanol–water partition coefficient (Wildman–Crippen LogP) is 0.739. The van der Waals surface area contributed by atoms with Crippen molar-refractivity contribution in [1.82, 2.24) is 15.2 Å². The van der Waals surface area contributed by atoms with Gasteiger partial charge in [0, 0.05) is 33.1 Å². The lowest BCUT2D eigenvalue weighted by atomic mass is 10.3. The largest absolute Gasteiger partial charge is 0.373 e. The molecule has 0 atom stereocenters. The van der Waals surface area contributed by atoms with Crippen molar-refractivity contribution < 1.29 is 9.59 Å². The molecule has 2 N–H and O–H groups in total. The maximum absolute atomic E-state index is 12.4. The average Bonchev–Trinajstić information content (AvgIpc) is 2.63. The lowest BCUT2D eigenvalue weighted by Crippen LogP contribution is -2.35. The zero-order valence-corrected chi connectivity index (χ0v) is 11.3. The first kappa shape index (κ1) is 13.6. The number of amides is 2. The van der Waals surface area contributed by atoms with Gasteiger partial charge in [0.1, 0.15) is 11.5 Å². The van der Waals surface area contributed by atoms with Gasteiger partial charge in [0.05, 0.1) is 5.02 Å². The molecule has 1 aromatic rings. The average molecular weight is 283 g/mol. The SMILES string of the molecule is CNc1ccc(Cl)c(C(=O)N2CCNC(=O)CC2)n1. The summed E-state index contributed by atoms with van der Waals surface area (Å²) in [6.07, 6.45) is 0.301. The number of carbonyl (C=O) groups excluding carboxylic acids is 2. The number of carbonyl (C=O) groups is 2. The quantitative estimate of drug-likeness (QED) is 0.839. The van der Waals surface area contributed by atoms with Crippen molar-refractivity contribution in [3.05, 3.63) is 22.8 Å². The molecule has 1 aliphatic heterocycles. The summed E-state index contributed by atoms with van der Waals surface area (Å²) in [6.45, 7) is 1.30. The van der Waals surface area contributed by atoms with Gasteiger partial charge in [-0.15, -0.1) is 0 Å². The van der Waals surface area contributed by atoms with Crippen molar-refractivity contribution in [3.8, 4) is 0 Å². The molecule has 0 bridgehead atoms. The minimum atomic E-state index is -0.251. The van der Waals surface area contributed by atoms with Gasteiger partial charge < -0.3 is 15.5 Å². The van der Waals surface area contributed by atoms with Crippen molar-refractivity contribution in [2.45, 2.75) is 6.42 Å². The lowest BCUT2D eigenvalue weighted by Gasteiger charge is -2.19. The van der Waals surface area contributed by atoms with E-state index in [0.717, 1.165) is 0 Å². The first-order chi connectivity index (χ1) is 9.11. The topological polar surface area (TPSA) is 74.3 Å². The van der Waals surface area contributed by atoms with Crippen LogP contribution in [-0.2, 0) is 4.79 Å². The van der Waals surface area contributed by atoms with Crippen LogP contribution in [0.5, 0.6) is 0 Å². The van der Waals surface area contributed by atoms with E-state index in [0.29, 0.717) is 36.9 Å². The monoisotopic (exact) mass is 282 g/mol. The number of anilines is 1. The van der Waals surface area contributed by atoms with Crippen LogP contribution in [0.4, 0.5) is 5.82 Å². The summed E-state index contributed by atoms with van der Waals surface area (Å²) in [7, 11) is 1.72. The van der Waals surface area contributed by atoms with Crippen molar-refractivity contribution in [3.63, 3.8) is 0 Å². The Kier molecular flexibility index (Phi) is 4.21. The fourth-order valence-electron chi connectivity index (χ4n) is 1.85. The van der Waals surface area contributed by atoms with Gasteiger partial charge in [0.15, 0.2) is 0 Å². The molecule has 1 fully saturated rings. The van der Waals surface area contributed by atoms with E-state index in [1.807, 2.05) is 0 Å². The molecule has 6 nitrogen and oxygen atoms in total. The highest BCUT2D eigenvalue weighted by Crippen LogP contribution is 2.18. The number of aromatic nitrogens is 1. The summed E-state index contributed by atoms with van der Waals surface area (Å²) < 4.78 is 0. The number of hydrogen-bond acceptors (Lipinski definition) is 4. The van der Waals surface area contributed by atoms with E-state index in [9.17, 15) is 9.59 Å². The first-order valence-electron chi connectivity index (χ1n) is 6.02. The number of pyridine rings is 1. The van der Waals surface area contributed by atoms with Crippen LogP contribution in [0, 0.1) is 0 Å². The van der Waals surface area contributed by atoms with E-state index in [2.05, 4.69) is 15.6 Å². The Hall–Kier alpha value is -1.82. The molecule has 102 valence electrons. The number of halogens is 1. The highest BCUT2D eigenvalue weighted by molar-refractivity contribution is 6.33. The summed E-state index contributed by atoms with van der Waals surface area (Å²) in [5.74, 6) is 0.286. The molecule has 0 spiro atoms. The molecule has 2 rings (SSSR count). The van der Waals surface area contributed by atoms with Gasteiger partial charge in [0.25, 0.3) is 5.91 Å². The Morgan fingerprint density at radius 1 is 1.47 bits per heavy atom. The van der Waals surface area contributed by atoms with Crippen LogP contribution in [0.1, 0.15) is 16.9 Å². The molecule has 0 aliphatic carbocycles. The number of rotatable bonds is 2. The third-order valence-corrected chi connectivity index (χ3v) is 3.21. The number of nitrogens with one attached hydrogen (secondary N) is 2. The molecule has 1 aliphatic rings. The third-order valence-electron chi connectivity index (χ3n) is 2.90. The van der Waals surface area contributed by atoms with Gasteiger partial charge in [-0.3, -0.25) is 9.59 Å². The van der Waals surface area contributed by atoms with E-state index in [4.69, 9.17) is 11.6 Å². The van der Waals surface area contributed by atoms with Crippen LogP contribution in [0.25, 0.3) is 0 Å². The van der Waals surface area contributed by atoms with Crippen molar-refractivity contribution in [1.29, 1.82) is 0 Å². The van der Waals surface area contributed by atoms with E-state index in [1.165, 1.54) is 0 Å². The van der Waals surface area contributed by atoms with Crippen molar-refractivity contribution in [2.24, 2.45) is 0 Å². The highest BCUT2D eigenvalue weighted by Gasteiger charge is 2.22. The summed E-state index contributed by atoms with van der Waals surface area (Å²) in [5.41, 5.74) is 0.211. The zero-order valence-electron chi connectivity index (χ0n) is 10.6. The number of hydrogen-bond donors (Lipinski definition) is 2. The third kappa shape index (κ3) is 3.14. The van der Waals surface area contributed by atoms with Gasteiger partial charge in [0.2, 0.25) is 5.91 Å². The molecule has 1 saturated heterocycles. The predicted molar refractivity (Wildman–Crippen MR) is 72.3 cm³/mol. The molecular weight excluding hydrogens is 268 g/mol. The Bertz CT molecular complexity index is 507. The first-order valence-corrected chi connectivity index (χ1v) is 6.40. The van der Waals surface area contributed by atoms with Crippen molar-refractivity contribution in [2.75, 3.05) is 32.0 Å². The van der Waals surface area contributed by atoms with Crippen molar-refractivity contribution >= 4 is 29.2 Å². The highest BCUT2D eigenvalue weighted by atomic mass is 35.5. The van der Waals surface area contributed by atoms with Crippen LogP contribution in [0.15, 0.2) is 12.1 Å². The molecular formula is C12H15ClN4O2. The Labute approximate surface area is 116 Å². The van der Waals surface area contributed by atoms with E-state index >= 15 is 0 Å². The van der Waals surface area contributed by atoms with Gasteiger partial charge in [-0.05, 0) is 12.1 Å². The van der Waals surface area contributed by atoms with Gasteiger partial charge in [-0.25, -0.2) is 4.98 Å². The molecule has 0 unspecified atom stereocenters. The molecule has 0 radical (unpaired) electrons. The Morgan fingerprint density at radius 3 is 3.00 bits per heavy atom. The van der Waals surface area contributed by atoms with Crippen LogP contribution in [0.2, 0.25) is 5.02 Å².